The van der Waals surface area contributed by atoms with Gasteiger partial charge in [-0.05, 0) is 57.3 Å². The first-order valence-corrected chi connectivity index (χ1v) is 14.2. The number of fused-ring (bicyclic) bond motifs is 12. The lowest BCUT2D eigenvalue weighted by atomic mass is 9.31. The third kappa shape index (κ3) is 2.32. The van der Waals surface area contributed by atoms with Gasteiger partial charge in [-0.25, -0.2) is 0 Å². The predicted octanol–water partition coefficient (Wildman–Crippen LogP) is 8.27. The van der Waals surface area contributed by atoms with E-state index >= 15 is 0 Å². The molecule has 0 atom stereocenters. The molecule has 0 N–H and O–H groups in total. The average Bonchev–Trinajstić information content (AvgIpc) is 3.59. The molecule has 0 amide bonds. The van der Waals surface area contributed by atoms with E-state index in [1.807, 2.05) is 0 Å². The Hall–Kier alpha value is -5.28. The number of furan rings is 2. The average molecular weight is 518 g/mol. The molecule has 2 aliphatic rings. The standard InChI is InChI=1S/C38H19BO2/c1-3-16-32-20(8-1)28-18-26-22-10-5-11-23-27-19-29-21-9-2-4-17-33(21)41-38(29)25-13-7-15-31(35(25)27)39(36(22)23)30-14-6-12-24(34(26)30)37(28)40-32/h1-19H. The molecule has 2 aliphatic heterocycles. The number of rotatable bonds is 0. The Morgan fingerprint density at radius 2 is 0.854 bits per heavy atom. The van der Waals surface area contributed by atoms with Crippen LogP contribution in [0, 0.1) is 0 Å². The van der Waals surface area contributed by atoms with Crippen LogP contribution in [0.15, 0.2) is 124 Å². The minimum atomic E-state index is 0.136. The molecule has 0 unspecified atom stereocenters. The maximum atomic E-state index is 6.52. The van der Waals surface area contributed by atoms with Crippen molar-refractivity contribution in [3.05, 3.63) is 115 Å². The van der Waals surface area contributed by atoms with Crippen molar-refractivity contribution in [3.8, 4) is 22.3 Å². The summed E-state index contributed by atoms with van der Waals surface area (Å²) < 4.78 is 13.0. The molecule has 9 aromatic rings. The summed E-state index contributed by atoms with van der Waals surface area (Å²) in [6.07, 6.45) is 0. The number of benzene rings is 7. The lowest BCUT2D eigenvalue weighted by Crippen LogP contribution is -2.57. The van der Waals surface area contributed by atoms with Crippen molar-refractivity contribution in [2.45, 2.75) is 0 Å². The molecule has 2 nitrogen and oxygen atoms in total. The first kappa shape index (κ1) is 20.6. The summed E-state index contributed by atoms with van der Waals surface area (Å²) in [6.45, 7) is 0.136. The molecule has 186 valence electrons. The van der Waals surface area contributed by atoms with Gasteiger partial charge in [-0.1, -0.05) is 107 Å². The lowest BCUT2D eigenvalue weighted by molar-refractivity contribution is 0.672. The topological polar surface area (TPSA) is 26.3 Å². The Balaban J connectivity index is 1.35. The van der Waals surface area contributed by atoms with E-state index < -0.39 is 0 Å². The summed E-state index contributed by atoms with van der Waals surface area (Å²) in [6, 6.07) is 42.0. The van der Waals surface area contributed by atoms with Gasteiger partial charge in [-0.15, -0.1) is 0 Å². The molecule has 0 bridgehead atoms. The third-order valence-electron chi connectivity index (χ3n) is 9.66. The van der Waals surface area contributed by atoms with E-state index in [1.54, 1.807) is 0 Å². The Labute approximate surface area is 234 Å². The van der Waals surface area contributed by atoms with Crippen molar-refractivity contribution < 1.29 is 8.83 Å². The van der Waals surface area contributed by atoms with Crippen LogP contribution in [-0.2, 0) is 0 Å². The van der Waals surface area contributed by atoms with Crippen molar-refractivity contribution in [2.24, 2.45) is 0 Å². The molecule has 0 saturated heterocycles. The van der Waals surface area contributed by atoms with Gasteiger partial charge in [0.2, 0.25) is 6.71 Å². The fourth-order valence-electron chi connectivity index (χ4n) is 8.10. The molecule has 41 heavy (non-hydrogen) atoms. The van der Waals surface area contributed by atoms with Crippen molar-refractivity contribution >= 4 is 88.5 Å². The van der Waals surface area contributed by atoms with Gasteiger partial charge in [0.05, 0.1) is 0 Å². The molecule has 0 spiro atoms. The maximum Gasteiger partial charge on any atom is 0.244 e. The summed E-state index contributed by atoms with van der Waals surface area (Å²) in [7, 11) is 0. The van der Waals surface area contributed by atoms with Gasteiger partial charge >= 0.3 is 0 Å². The van der Waals surface area contributed by atoms with Crippen LogP contribution in [-0.4, -0.2) is 6.71 Å². The van der Waals surface area contributed by atoms with E-state index in [2.05, 4.69) is 115 Å². The molecule has 0 aliphatic carbocycles. The predicted molar refractivity (Wildman–Crippen MR) is 172 cm³/mol. The van der Waals surface area contributed by atoms with Gasteiger partial charge in [-0.3, -0.25) is 0 Å². The minimum absolute atomic E-state index is 0.136. The van der Waals surface area contributed by atoms with Crippen molar-refractivity contribution in [1.82, 2.24) is 0 Å². The van der Waals surface area contributed by atoms with E-state index in [1.165, 1.54) is 81.7 Å². The number of para-hydroxylation sites is 2. The third-order valence-corrected chi connectivity index (χ3v) is 9.66. The molecule has 0 radical (unpaired) electrons. The normalized spacial score (nSPS) is 13.3. The highest BCUT2D eigenvalue weighted by Gasteiger charge is 2.39. The summed E-state index contributed by atoms with van der Waals surface area (Å²) in [5.74, 6) is 0. The first-order chi connectivity index (χ1) is 20.3. The number of hydrogen-bond donors (Lipinski definition) is 0. The fraction of sp³-hybridized carbons (Fsp3) is 0. The largest absolute Gasteiger partial charge is 0.455 e. The highest BCUT2D eigenvalue weighted by molar-refractivity contribution is 7.01. The molecule has 4 heterocycles. The van der Waals surface area contributed by atoms with Crippen LogP contribution in [0.5, 0.6) is 0 Å². The number of hydrogen-bond acceptors (Lipinski definition) is 2. The molecule has 2 aromatic heterocycles. The summed E-state index contributed by atoms with van der Waals surface area (Å²) >= 11 is 0. The van der Waals surface area contributed by atoms with Gasteiger partial charge in [0.25, 0.3) is 0 Å². The quantitative estimate of drug-likeness (QED) is 0.189. The van der Waals surface area contributed by atoms with E-state index in [9.17, 15) is 0 Å². The highest BCUT2D eigenvalue weighted by atomic mass is 16.3. The molecular weight excluding hydrogens is 499 g/mol. The van der Waals surface area contributed by atoms with Crippen molar-refractivity contribution in [1.29, 1.82) is 0 Å². The van der Waals surface area contributed by atoms with Gasteiger partial charge in [-0.2, -0.15) is 0 Å². The van der Waals surface area contributed by atoms with Crippen LogP contribution in [0.3, 0.4) is 0 Å². The lowest BCUT2D eigenvalue weighted by Gasteiger charge is -2.34. The van der Waals surface area contributed by atoms with Crippen molar-refractivity contribution in [2.75, 3.05) is 0 Å². The summed E-state index contributed by atoms with van der Waals surface area (Å²) in [5.41, 5.74) is 13.2. The van der Waals surface area contributed by atoms with Gasteiger partial charge < -0.3 is 8.83 Å². The highest BCUT2D eigenvalue weighted by Crippen LogP contribution is 2.45. The minimum Gasteiger partial charge on any atom is -0.455 e. The maximum absolute atomic E-state index is 6.52. The Bertz CT molecular complexity index is 2470. The van der Waals surface area contributed by atoms with Gasteiger partial charge in [0.1, 0.15) is 22.3 Å². The fourth-order valence-corrected chi connectivity index (χ4v) is 8.10. The zero-order chi connectivity index (χ0) is 26.4. The van der Waals surface area contributed by atoms with Crippen LogP contribution >= 0.6 is 0 Å². The van der Waals surface area contributed by atoms with Crippen LogP contribution in [0.25, 0.3) is 87.7 Å². The van der Waals surface area contributed by atoms with E-state index in [0.717, 1.165) is 22.3 Å². The van der Waals surface area contributed by atoms with Crippen LogP contribution in [0.2, 0.25) is 0 Å². The molecule has 0 saturated carbocycles. The molecule has 7 aromatic carbocycles. The van der Waals surface area contributed by atoms with Gasteiger partial charge in [0, 0.05) is 32.3 Å². The van der Waals surface area contributed by atoms with Crippen LogP contribution in [0.1, 0.15) is 0 Å². The molecule has 3 heteroatoms. The second-order valence-electron chi connectivity index (χ2n) is 11.5. The summed E-state index contributed by atoms with van der Waals surface area (Å²) in [5, 5.41) is 9.69. The monoisotopic (exact) mass is 518 g/mol. The van der Waals surface area contributed by atoms with Crippen LogP contribution < -0.4 is 16.4 Å². The second kappa shape index (κ2) is 6.89. The van der Waals surface area contributed by atoms with Crippen LogP contribution in [0.4, 0.5) is 0 Å². The van der Waals surface area contributed by atoms with E-state index in [4.69, 9.17) is 8.83 Å². The van der Waals surface area contributed by atoms with Crippen molar-refractivity contribution in [3.63, 3.8) is 0 Å². The van der Waals surface area contributed by atoms with Gasteiger partial charge in [0.15, 0.2) is 0 Å². The summed E-state index contributed by atoms with van der Waals surface area (Å²) in [4.78, 5) is 0. The Morgan fingerprint density at radius 3 is 1.39 bits per heavy atom. The smallest absolute Gasteiger partial charge is 0.244 e. The molecule has 11 rings (SSSR count). The molecule has 0 fully saturated rings. The SMILES string of the molecule is c1cc2c3c(c1)-c1cc4c5ccccc5oc4c4cccc(c14)B3c1cccc3c1c-2cc1c2ccccc2oc31. The first-order valence-electron chi connectivity index (χ1n) is 14.2. The Kier molecular flexibility index (Phi) is 3.46. The second-order valence-corrected chi connectivity index (χ2v) is 11.5. The Morgan fingerprint density at radius 1 is 0.390 bits per heavy atom. The zero-order valence-electron chi connectivity index (χ0n) is 21.9. The van der Waals surface area contributed by atoms with E-state index in [0.29, 0.717) is 0 Å². The molecular formula is C38H19BO2. The van der Waals surface area contributed by atoms with E-state index in [-0.39, 0.29) is 6.71 Å². The zero-order valence-corrected chi connectivity index (χ0v) is 21.9.